The van der Waals surface area contributed by atoms with Crippen molar-refractivity contribution in [2.45, 2.75) is 25.4 Å². The van der Waals surface area contributed by atoms with Crippen LogP contribution < -0.4 is 0 Å². The Balaban J connectivity index is 2.00. The van der Waals surface area contributed by atoms with Crippen LogP contribution in [0.1, 0.15) is 24.0 Å². The smallest absolute Gasteiger partial charge is 0.124 e. The summed E-state index contributed by atoms with van der Waals surface area (Å²) in [5.74, 6) is -0.328. The molecule has 0 saturated carbocycles. The lowest BCUT2D eigenvalue weighted by Gasteiger charge is -2.35. The fourth-order valence-electron chi connectivity index (χ4n) is 2.66. The number of benzene rings is 1. The number of halogens is 1. The quantitative estimate of drug-likeness (QED) is 0.836. The maximum Gasteiger partial charge on any atom is 0.124 e. The van der Waals surface area contributed by atoms with Crippen LogP contribution in [-0.2, 0) is 6.54 Å². The maximum atomic E-state index is 13.4. The van der Waals surface area contributed by atoms with Crippen LogP contribution in [0.5, 0.6) is 0 Å². The fourth-order valence-corrected chi connectivity index (χ4v) is 2.66. The lowest BCUT2D eigenvalue weighted by molar-refractivity contribution is 0.139. The highest BCUT2D eigenvalue weighted by Gasteiger charge is 2.20. The minimum Gasteiger partial charge on any atom is -0.306 e. The lowest BCUT2D eigenvalue weighted by atomic mass is 10.0. The van der Waals surface area contributed by atoms with Gasteiger partial charge in [-0.25, -0.2) is 4.39 Å². The van der Waals surface area contributed by atoms with Crippen molar-refractivity contribution in [2.24, 2.45) is 0 Å². The molecule has 102 valence electrons. The Morgan fingerprint density at radius 1 is 1.37 bits per heavy atom. The van der Waals surface area contributed by atoms with E-state index in [0.717, 1.165) is 31.5 Å². The van der Waals surface area contributed by atoms with Gasteiger partial charge in [-0.2, -0.15) is 5.26 Å². The first-order valence-electron chi connectivity index (χ1n) is 6.67. The van der Waals surface area contributed by atoms with Crippen LogP contribution in [0.25, 0.3) is 0 Å². The molecule has 1 aromatic rings. The van der Waals surface area contributed by atoms with Crippen molar-refractivity contribution in [1.82, 2.24) is 9.80 Å². The molecule has 0 N–H and O–H groups in total. The van der Waals surface area contributed by atoms with Crippen molar-refractivity contribution in [3.05, 3.63) is 35.1 Å². The van der Waals surface area contributed by atoms with Gasteiger partial charge < -0.3 is 4.90 Å². The molecule has 2 rings (SSSR count). The minimum atomic E-state index is -0.328. The zero-order valence-electron chi connectivity index (χ0n) is 11.6. The van der Waals surface area contributed by atoms with Crippen molar-refractivity contribution in [2.75, 3.05) is 27.2 Å². The molecule has 0 amide bonds. The van der Waals surface area contributed by atoms with E-state index in [-0.39, 0.29) is 5.82 Å². The molecule has 0 unspecified atom stereocenters. The summed E-state index contributed by atoms with van der Waals surface area (Å²) in [7, 11) is 4.22. The molecular weight excluding hydrogens is 241 g/mol. The standard InChI is InChI=1S/C15H20FN3/c1-18-5-3-15(4-6-18)19(2)11-13-7-12(10-17)8-14(16)9-13/h7-9,15H,3-6,11H2,1-2H3. The molecule has 1 aromatic carbocycles. The average molecular weight is 261 g/mol. The van der Waals surface area contributed by atoms with Gasteiger partial charge in [-0.15, -0.1) is 0 Å². The first kappa shape index (κ1) is 14.0. The Labute approximate surface area is 114 Å². The van der Waals surface area contributed by atoms with Crippen LogP contribution in [0.2, 0.25) is 0 Å². The molecule has 1 aliphatic rings. The van der Waals surface area contributed by atoms with Crippen LogP contribution in [0, 0.1) is 17.1 Å². The molecule has 1 fully saturated rings. The molecule has 0 bridgehead atoms. The SMILES string of the molecule is CN1CCC(N(C)Cc2cc(F)cc(C#N)c2)CC1. The van der Waals surface area contributed by atoms with Gasteiger partial charge in [0.2, 0.25) is 0 Å². The average Bonchev–Trinajstić information content (AvgIpc) is 2.38. The molecule has 0 spiro atoms. The summed E-state index contributed by atoms with van der Waals surface area (Å²) in [5.41, 5.74) is 1.27. The van der Waals surface area contributed by atoms with Crippen LogP contribution >= 0.6 is 0 Å². The summed E-state index contributed by atoms with van der Waals surface area (Å²) in [6.07, 6.45) is 2.29. The summed E-state index contributed by atoms with van der Waals surface area (Å²) in [6, 6.07) is 7.12. The van der Waals surface area contributed by atoms with Gasteiger partial charge in [0, 0.05) is 12.6 Å². The summed E-state index contributed by atoms with van der Waals surface area (Å²) < 4.78 is 13.4. The van der Waals surface area contributed by atoms with Crippen molar-refractivity contribution in [3.63, 3.8) is 0 Å². The number of rotatable bonds is 3. The summed E-state index contributed by atoms with van der Waals surface area (Å²) >= 11 is 0. The number of nitriles is 1. The first-order valence-corrected chi connectivity index (χ1v) is 6.67. The zero-order chi connectivity index (χ0) is 13.8. The van der Waals surface area contributed by atoms with Gasteiger partial charge >= 0.3 is 0 Å². The van der Waals surface area contributed by atoms with E-state index >= 15 is 0 Å². The Hall–Kier alpha value is -1.44. The highest BCUT2D eigenvalue weighted by Crippen LogP contribution is 2.17. The molecular formula is C15H20FN3. The van der Waals surface area contributed by atoms with E-state index in [9.17, 15) is 4.39 Å². The summed E-state index contributed by atoms with van der Waals surface area (Å²) in [4.78, 5) is 4.60. The number of piperidine rings is 1. The van der Waals surface area contributed by atoms with Crippen LogP contribution in [0.4, 0.5) is 4.39 Å². The van der Waals surface area contributed by atoms with Gasteiger partial charge in [0.15, 0.2) is 0 Å². The highest BCUT2D eigenvalue weighted by molar-refractivity contribution is 5.33. The molecule has 4 heteroatoms. The monoisotopic (exact) mass is 261 g/mol. The highest BCUT2D eigenvalue weighted by atomic mass is 19.1. The van der Waals surface area contributed by atoms with Crippen molar-refractivity contribution in [1.29, 1.82) is 5.26 Å². The largest absolute Gasteiger partial charge is 0.306 e. The van der Waals surface area contributed by atoms with E-state index in [1.54, 1.807) is 6.07 Å². The van der Waals surface area contributed by atoms with Crippen molar-refractivity contribution in [3.8, 4) is 6.07 Å². The molecule has 1 heterocycles. The van der Waals surface area contributed by atoms with Gasteiger partial charge in [0.25, 0.3) is 0 Å². The number of likely N-dealkylation sites (tertiary alicyclic amines) is 1. The summed E-state index contributed by atoms with van der Waals surface area (Å²) in [6.45, 7) is 2.92. The van der Waals surface area contributed by atoms with Crippen molar-refractivity contribution >= 4 is 0 Å². The number of hydrogen-bond acceptors (Lipinski definition) is 3. The third-order valence-electron chi connectivity index (χ3n) is 3.83. The van der Waals surface area contributed by atoms with Gasteiger partial charge in [0.05, 0.1) is 11.6 Å². The van der Waals surface area contributed by atoms with Crippen LogP contribution in [0.3, 0.4) is 0 Å². The van der Waals surface area contributed by atoms with Gasteiger partial charge in [-0.05, 0) is 63.8 Å². The van der Waals surface area contributed by atoms with E-state index in [0.29, 0.717) is 18.2 Å². The Morgan fingerprint density at radius 3 is 2.68 bits per heavy atom. The second-order valence-corrected chi connectivity index (χ2v) is 5.41. The predicted octanol–water partition coefficient (Wildman–Crippen LogP) is 2.22. The topological polar surface area (TPSA) is 30.3 Å². The van der Waals surface area contributed by atoms with Gasteiger partial charge in [-0.1, -0.05) is 0 Å². The molecule has 0 atom stereocenters. The number of hydrogen-bond donors (Lipinski definition) is 0. The molecule has 0 radical (unpaired) electrons. The Kier molecular flexibility index (Phi) is 4.52. The molecule has 1 aliphatic heterocycles. The molecule has 1 saturated heterocycles. The second-order valence-electron chi connectivity index (χ2n) is 5.41. The van der Waals surface area contributed by atoms with E-state index in [4.69, 9.17) is 5.26 Å². The second kappa shape index (κ2) is 6.14. The first-order chi connectivity index (χ1) is 9.08. The van der Waals surface area contributed by atoms with Crippen molar-refractivity contribution < 1.29 is 4.39 Å². The third kappa shape index (κ3) is 3.76. The fraction of sp³-hybridized carbons (Fsp3) is 0.533. The van der Waals surface area contributed by atoms with E-state index in [1.807, 2.05) is 6.07 Å². The Morgan fingerprint density at radius 2 is 2.05 bits per heavy atom. The van der Waals surface area contributed by atoms with Crippen LogP contribution in [-0.4, -0.2) is 43.0 Å². The molecule has 0 aromatic heterocycles. The molecule has 3 nitrogen and oxygen atoms in total. The minimum absolute atomic E-state index is 0.328. The van der Waals surface area contributed by atoms with E-state index < -0.39 is 0 Å². The zero-order valence-corrected chi connectivity index (χ0v) is 11.6. The summed E-state index contributed by atoms with van der Waals surface area (Å²) in [5, 5.41) is 8.86. The third-order valence-corrected chi connectivity index (χ3v) is 3.83. The maximum absolute atomic E-state index is 13.4. The van der Waals surface area contributed by atoms with Gasteiger partial charge in [-0.3, -0.25) is 4.90 Å². The molecule has 0 aliphatic carbocycles. The van der Waals surface area contributed by atoms with E-state index in [1.165, 1.54) is 12.1 Å². The number of nitrogens with zero attached hydrogens (tertiary/aromatic N) is 3. The predicted molar refractivity (Wildman–Crippen MR) is 73.1 cm³/mol. The normalized spacial score (nSPS) is 17.6. The van der Waals surface area contributed by atoms with E-state index in [2.05, 4.69) is 23.9 Å². The van der Waals surface area contributed by atoms with Gasteiger partial charge in [0.1, 0.15) is 5.82 Å². The Bertz CT molecular complexity index is 473. The molecule has 19 heavy (non-hydrogen) atoms. The van der Waals surface area contributed by atoms with Crippen LogP contribution in [0.15, 0.2) is 18.2 Å². The lowest BCUT2D eigenvalue weighted by Crippen LogP contribution is -2.41.